The summed E-state index contributed by atoms with van der Waals surface area (Å²) in [5.41, 5.74) is 1.44. The van der Waals surface area contributed by atoms with Crippen molar-refractivity contribution in [2.45, 2.75) is 77.0 Å². The second-order valence-electron chi connectivity index (χ2n) is 12.4. The molecule has 0 saturated heterocycles. The molecule has 0 radical (unpaired) electrons. The van der Waals surface area contributed by atoms with E-state index >= 15 is 0 Å². The Hall–Kier alpha value is -4.14. The molecule has 3 aromatic rings. The van der Waals surface area contributed by atoms with Crippen molar-refractivity contribution in [2.24, 2.45) is 5.92 Å². The molecule has 4 atom stereocenters. The van der Waals surface area contributed by atoms with Crippen molar-refractivity contribution < 1.29 is 37.1 Å². The zero-order valence-corrected chi connectivity index (χ0v) is 29.2. The minimum absolute atomic E-state index is 0.0852. The highest BCUT2D eigenvalue weighted by Gasteiger charge is 2.31. The van der Waals surface area contributed by atoms with E-state index in [9.17, 15) is 23.1 Å². The fraction of sp³-hybridized carbons (Fsp3) is 0.500. The molecule has 48 heavy (non-hydrogen) atoms. The number of carbonyl (C=O) groups is 2. The van der Waals surface area contributed by atoms with Gasteiger partial charge < -0.3 is 34.2 Å². The van der Waals surface area contributed by atoms with E-state index in [1.807, 2.05) is 13.8 Å². The molecule has 14 heteroatoms. The highest BCUT2D eigenvalue weighted by Crippen LogP contribution is 2.30. The van der Waals surface area contributed by atoms with Crippen LogP contribution in [0, 0.1) is 19.8 Å². The number of nitrogens with one attached hydrogen (secondary N) is 2. The Balaban J connectivity index is 1.63. The third-order valence-electron chi connectivity index (χ3n) is 8.42. The molecule has 0 fully saturated rings. The number of hydrogen-bond acceptors (Lipinski definition) is 9. The first kappa shape index (κ1) is 36.7. The van der Waals surface area contributed by atoms with E-state index in [-0.39, 0.29) is 53.9 Å². The lowest BCUT2D eigenvalue weighted by molar-refractivity contribution is -0.0115. The van der Waals surface area contributed by atoms with Crippen LogP contribution < -0.4 is 14.8 Å². The fourth-order valence-corrected chi connectivity index (χ4v) is 6.55. The Morgan fingerprint density at radius 2 is 1.88 bits per heavy atom. The van der Waals surface area contributed by atoms with Gasteiger partial charge in [-0.15, -0.1) is 0 Å². The molecule has 2 heterocycles. The van der Waals surface area contributed by atoms with Gasteiger partial charge in [0.2, 0.25) is 0 Å². The number of hydrogen-bond donors (Lipinski definition) is 3. The zero-order chi connectivity index (χ0) is 35.0. The Morgan fingerprint density at radius 1 is 1.15 bits per heavy atom. The fourth-order valence-electron chi connectivity index (χ4n) is 5.48. The number of benzene rings is 2. The van der Waals surface area contributed by atoms with Crippen LogP contribution in [0.15, 0.2) is 57.9 Å². The molecule has 1 aliphatic rings. The summed E-state index contributed by atoms with van der Waals surface area (Å²) in [7, 11) is -2.26. The average molecular weight is 686 g/mol. The quantitative estimate of drug-likeness (QED) is 0.294. The molecule has 1 aromatic heterocycles. The number of amides is 3. The van der Waals surface area contributed by atoms with Crippen LogP contribution in [0.25, 0.3) is 0 Å². The number of likely N-dealkylation sites (N-methyl/N-ethyl adjacent to an activating group) is 1. The molecule has 0 aliphatic carbocycles. The number of aryl methyl sites for hydroxylation is 2. The van der Waals surface area contributed by atoms with Gasteiger partial charge >= 0.3 is 6.03 Å². The molecule has 4 rings (SSSR count). The summed E-state index contributed by atoms with van der Waals surface area (Å²) >= 11 is 0. The van der Waals surface area contributed by atoms with Crippen LogP contribution >= 0.6 is 0 Å². The number of sulfonamides is 1. The zero-order valence-electron chi connectivity index (χ0n) is 28.4. The van der Waals surface area contributed by atoms with Crippen molar-refractivity contribution >= 4 is 33.3 Å². The van der Waals surface area contributed by atoms with Crippen LogP contribution in [0.2, 0.25) is 0 Å². The lowest BCUT2D eigenvalue weighted by Crippen LogP contribution is -2.48. The summed E-state index contributed by atoms with van der Waals surface area (Å²) in [5.74, 6) is 0.104. The lowest BCUT2D eigenvalue weighted by Gasteiger charge is -2.35. The van der Waals surface area contributed by atoms with E-state index in [0.717, 1.165) is 12.8 Å². The number of aromatic nitrogens is 1. The van der Waals surface area contributed by atoms with Gasteiger partial charge in [0.05, 0.1) is 35.3 Å². The number of fused-ring (bicyclic) bond motifs is 1. The highest BCUT2D eigenvalue weighted by molar-refractivity contribution is 7.92. The van der Waals surface area contributed by atoms with Gasteiger partial charge in [-0.3, -0.25) is 9.52 Å². The second kappa shape index (κ2) is 16.3. The monoisotopic (exact) mass is 685 g/mol. The van der Waals surface area contributed by atoms with Crippen molar-refractivity contribution in [3.63, 3.8) is 0 Å². The van der Waals surface area contributed by atoms with Gasteiger partial charge in [-0.2, -0.15) is 0 Å². The third kappa shape index (κ3) is 9.26. The van der Waals surface area contributed by atoms with Crippen molar-refractivity contribution in [3.05, 3.63) is 65.5 Å². The Labute approximate surface area is 282 Å². The van der Waals surface area contributed by atoms with Gasteiger partial charge in [0.1, 0.15) is 17.1 Å². The van der Waals surface area contributed by atoms with E-state index in [0.29, 0.717) is 35.9 Å². The minimum Gasteiger partial charge on any atom is -0.490 e. The maximum atomic E-state index is 14.4. The van der Waals surface area contributed by atoms with E-state index < -0.39 is 28.1 Å². The van der Waals surface area contributed by atoms with Crippen LogP contribution in [0.5, 0.6) is 5.75 Å². The predicted molar refractivity (Wildman–Crippen MR) is 182 cm³/mol. The third-order valence-corrected chi connectivity index (χ3v) is 9.82. The highest BCUT2D eigenvalue weighted by atomic mass is 32.2. The smallest absolute Gasteiger partial charge is 0.321 e. The summed E-state index contributed by atoms with van der Waals surface area (Å²) in [6.07, 6.45) is 1.55. The van der Waals surface area contributed by atoms with E-state index in [2.05, 4.69) is 15.2 Å². The van der Waals surface area contributed by atoms with Gasteiger partial charge in [-0.25, -0.2) is 13.2 Å². The Bertz CT molecular complexity index is 1630. The van der Waals surface area contributed by atoms with Crippen molar-refractivity contribution in [3.8, 4) is 5.75 Å². The number of carbonyl (C=O) groups excluding carboxylic acids is 2. The number of ether oxygens (including phenoxy) is 2. The van der Waals surface area contributed by atoms with Gasteiger partial charge in [0.15, 0.2) is 5.76 Å². The summed E-state index contributed by atoms with van der Waals surface area (Å²) in [4.78, 5) is 30.7. The topological polar surface area (TPSA) is 164 Å². The summed E-state index contributed by atoms with van der Waals surface area (Å²) < 4.78 is 46.6. The first-order valence-corrected chi connectivity index (χ1v) is 17.7. The molecule has 0 saturated carbocycles. The summed E-state index contributed by atoms with van der Waals surface area (Å²) in [5, 5.41) is 17.0. The molecule has 3 amide bonds. The summed E-state index contributed by atoms with van der Waals surface area (Å²) in [6.45, 7) is 9.60. The number of nitrogens with zero attached hydrogens (tertiary/aromatic N) is 3. The SMILES string of the molecule is Cc1noc(C)c1NC(=O)N(C)C[C@H]1OCCCC[C@H](C)Oc2ccc(NS(=O)(=O)c3ccccc3)cc2C(=O)N([C@@H](C)CO)C[C@@H]1C. The van der Waals surface area contributed by atoms with E-state index in [4.69, 9.17) is 14.0 Å². The standard InChI is InChI=1S/C34H47N5O8S/c1-22-19-39(23(2)21-40)33(41)29-18-27(37-48(43,44)28-13-8-7-9-14-28)15-16-30(29)46-24(3)12-10-11-17-45-31(22)20-38(6)34(42)35-32-25(4)36-47-26(32)5/h7-9,13-16,18,22-24,31,37,40H,10-12,17,19-21H2,1-6H3,(H,35,42)/t22-,23-,24-,31+/m0/s1. The van der Waals surface area contributed by atoms with Gasteiger partial charge in [0, 0.05) is 38.3 Å². The minimum atomic E-state index is -3.93. The number of urea groups is 1. The van der Waals surface area contributed by atoms with Gasteiger partial charge in [0.25, 0.3) is 15.9 Å². The summed E-state index contributed by atoms with van der Waals surface area (Å²) in [6, 6.07) is 11.6. The molecule has 13 nitrogen and oxygen atoms in total. The maximum absolute atomic E-state index is 14.4. The largest absolute Gasteiger partial charge is 0.490 e. The predicted octanol–water partition coefficient (Wildman–Crippen LogP) is 5.05. The van der Waals surface area contributed by atoms with Crippen molar-refractivity contribution in [1.29, 1.82) is 0 Å². The molecule has 2 aromatic carbocycles. The first-order chi connectivity index (χ1) is 22.8. The van der Waals surface area contributed by atoms with Crippen LogP contribution in [-0.2, 0) is 14.8 Å². The Kier molecular flexibility index (Phi) is 12.5. The number of rotatable bonds is 8. The second-order valence-corrected chi connectivity index (χ2v) is 14.1. The normalized spacial score (nSPS) is 20.2. The van der Waals surface area contributed by atoms with E-state index in [1.165, 1.54) is 23.1 Å². The molecule has 0 spiro atoms. The average Bonchev–Trinajstić information content (AvgIpc) is 3.38. The van der Waals surface area contributed by atoms with Crippen LogP contribution in [0.1, 0.15) is 61.8 Å². The maximum Gasteiger partial charge on any atom is 0.321 e. The molecule has 0 unspecified atom stereocenters. The molecule has 0 bridgehead atoms. The molecule has 1 aliphatic heterocycles. The van der Waals surface area contributed by atoms with E-state index in [1.54, 1.807) is 63.1 Å². The Morgan fingerprint density at radius 3 is 2.54 bits per heavy atom. The number of aliphatic hydroxyl groups excluding tert-OH is 1. The van der Waals surface area contributed by atoms with Crippen LogP contribution in [0.4, 0.5) is 16.2 Å². The lowest BCUT2D eigenvalue weighted by atomic mass is 10.0. The molecule has 3 N–H and O–H groups in total. The first-order valence-electron chi connectivity index (χ1n) is 16.2. The molecular formula is C34H47N5O8S. The number of aliphatic hydroxyl groups is 1. The van der Waals surface area contributed by atoms with Crippen molar-refractivity contribution in [2.75, 3.05) is 43.4 Å². The van der Waals surface area contributed by atoms with Crippen LogP contribution in [0.3, 0.4) is 0 Å². The van der Waals surface area contributed by atoms with Gasteiger partial charge in [-0.1, -0.05) is 30.3 Å². The number of anilines is 2. The van der Waals surface area contributed by atoms with Gasteiger partial charge in [-0.05, 0) is 77.3 Å². The molecule has 262 valence electrons. The van der Waals surface area contributed by atoms with Crippen LogP contribution in [-0.4, -0.2) is 92.0 Å². The molecular weight excluding hydrogens is 638 g/mol. The van der Waals surface area contributed by atoms with Crippen molar-refractivity contribution in [1.82, 2.24) is 15.0 Å².